The van der Waals surface area contributed by atoms with E-state index in [2.05, 4.69) is 10.3 Å². The molecule has 0 unspecified atom stereocenters. The molecule has 3 aromatic rings. The predicted molar refractivity (Wildman–Crippen MR) is 99.4 cm³/mol. The van der Waals surface area contributed by atoms with Gasteiger partial charge in [-0.05, 0) is 35.9 Å². The van der Waals surface area contributed by atoms with Crippen molar-refractivity contribution in [2.24, 2.45) is 7.05 Å². The average Bonchev–Trinajstić information content (AvgIpc) is 2.96. The van der Waals surface area contributed by atoms with Gasteiger partial charge in [-0.15, -0.1) is 0 Å². The Morgan fingerprint density at radius 2 is 2.04 bits per heavy atom. The molecular formula is C20H20FN3O2. The highest BCUT2D eigenvalue weighted by molar-refractivity contribution is 5.91. The first-order valence-electron chi connectivity index (χ1n) is 8.27. The van der Waals surface area contributed by atoms with Crippen molar-refractivity contribution in [3.05, 3.63) is 65.7 Å². The van der Waals surface area contributed by atoms with E-state index in [9.17, 15) is 9.18 Å². The summed E-state index contributed by atoms with van der Waals surface area (Å²) >= 11 is 0. The Hall–Kier alpha value is -3.15. The lowest BCUT2D eigenvalue weighted by molar-refractivity contribution is -0.116. The summed E-state index contributed by atoms with van der Waals surface area (Å²) in [6, 6.07) is 11.7. The van der Waals surface area contributed by atoms with Crippen molar-refractivity contribution in [1.82, 2.24) is 14.9 Å². The van der Waals surface area contributed by atoms with Crippen molar-refractivity contribution in [3.63, 3.8) is 0 Å². The molecule has 0 aliphatic heterocycles. The number of fused-ring (bicyclic) bond motifs is 1. The van der Waals surface area contributed by atoms with Crippen molar-refractivity contribution in [2.45, 2.75) is 6.42 Å². The van der Waals surface area contributed by atoms with E-state index in [1.165, 1.54) is 18.2 Å². The Kier molecular flexibility index (Phi) is 5.31. The highest BCUT2D eigenvalue weighted by Gasteiger charge is 2.08. The van der Waals surface area contributed by atoms with Gasteiger partial charge in [-0.25, -0.2) is 9.37 Å². The number of amides is 1. The van der Waals surface area contributed by atoms with Crippen LogP contribution in [0.15, 0.2) is 48.5 Å². The SMILES string of the molecule is COc1ccc2c(c1)nc(CCNC(=O)/C=C/c1ccc(F)cc1)n2C. The number of carbonyl (C=O) groups excluding carboxylic acids is 1. The van der Waals surface area contributed by atoms with Gasteiger partial charge in [-0.2, -0.15) is 0 Å². The quantitative estimate of drug-likeness (QED) is 0.693. The number of imidazole rings is 1. The molecule has 1 N–H and O–H groups in total. The van der Waals surface area contributed by atoms with Crippen LogP contribution < -0.4 is 10.1 Å². The summed E-state index contributed by atoms with van der Waals surface area (Å²) in [4.78, 5) is 16.5. The van der Waals surface area contributed by atoms with Gasteiger partial charge in [0.05, 0.1) is 18.1 Å². The van der Waals surface area contributed by atoms with Crippen molar-refractivity contribution in [2.75, 3.05) is 13.7 Å². The molecule has 5 nitrogen and oxygen atoms in total. The Morgan fingerprint density at radius 1 is 1.27 bits per heavy atom. The fourth-order valence-corrected chi connectivity index (χ4v) is 2.68. The molecule has 6 heteroatoms. The van der Waals surface area contributed by atoms with Crippen molar-refractivity contribution in [1.29, 1.82) is 0 Å². The number of aromatic nitrogens is 2. The summed E-state index contributed by atoms with van der Waals surface area (Å²) < 4.78 is 20.1. The number of carbonyl (C=O) groups is 1. The van der Waals surface area contributed by atoms with E-state index in [4.69, 9.17) is 4.74 Å². The van der Waals surface area contributed by atoms with Gasteiger partial charge in [-0.1, -0.05) is 12.1 Å². The topological polar surface area (TPSA) is 56.1 Å². The number of hydrogen-bond donors (Lipinski definition) is 1. The third kappa shape index (κ3) is 4.08. The largest absolute Gasteiger partial charge is 0.497 e. The lowest BCUT2D eigenvalue weighted by Crippen LogP contribution is -2.24. The van der Waals surface area contributed by atoms with Crippen molar-refractivity contribution < 1.29 is 13.9 Å². The van der Waals surface area contributed by atoms with Crippen LogP contribution in [-0.4, -0.2) is 29.1 Å². The van der Waals surface area contributed by atoms with E-state index < -0.39 is 0 Å². The summed E-state index contributed by atoms with van der Waals surface area (Å²) in [7, 11) is 3.58. The zero-order chi connectivity index (χ0) is 18.5. The maximum Gasteiger partial charge on any atom is 0.244 e. The summed E-state index contributed by atoms with van der Waals surface area (Å²) in [5.74, 6) is 1.15. The minimum absolute atomic E-state index is 0.199. The molecule has 0 saturated heterocycles. The second-order valence-corrected chi connectivity index (χ2v) is 5.87. The van der Waals surface area contributed by atoms with Gasteiger partial charge >= 0.3 is 0 Å². The van der Waals surface area contributed by atoms with Gasteiger partial charge in [0.15, 0.2) is 0 Å². The Balaban J connectivity index is 1.57. The molecule has 1 aromatic heterocycles. The molecule has 0 saturated carbocycles. The summed E-state index contributed by atoms with van der Waals surface area (Å²) in [6.45, 7) is 0.473. The predicted octanol–water partition coefficient (Wildman–Crippen LogP) is 3.09. The van der Waals surface area contributed by atoms with E-state index in [1.807, 2.05) is 29.8 Å². The van der Waals surface area contributed by atoms with Gasteiger partial charge in [0.1, 0.15) is 17.4 Å². The smallest absolute Gasteiger partial charge is 0.244 e. The van der Waals surface area contributed by atoms with Gasteiger partial charge in [0.25, 0.3) is 0 Å². The van der Waals surface area contributed by atoms with Gasteiger partial charge in [0, 0.05) is 32.2 Å². The van der Waals surface area contributed by atoms with Crippen LogP contribution in [0.2, 0.25) is 0 Å². The number of benzene rings is 2. The lowest BCUT2D eigenvalue weighted by Gasteiger charge is -2.03. The molecule has 26 heavy (non-hydrogen) atoms. The van der Waals surface area contributed by atoms with Crippen molar-refractivity contribution >= 4 is 23.0 Å². The fraction of sp³-hybridized carbons (Fsp3) is 0.200. The van der Waals surface area contributed by atoms with Crippen LogP contribution in [0.1, 0.15) is 11.4 Å². The van der Waals surface area contributed by atoms with Crippen LogP contribution in [0.3, 0.4) is 0 Å². The minimum atomic E-state index is -0.299. The highest BCUT2D eigenvalue weighted by Crippen LogP contribution is 2.20. The molecule has 0 aliphatic carbocycles. The van der Waals surface area contributed by atoms with E-state index in [0.717, 1.165) is 28.2 Å². The third-order valence-electron chi connectivity index (χ3n) is 4.13. The molecule has 134 valence electrons. The van der Waals surface area contributed by atoms with Crippen LogP contribution in [-0.2, 0) is 18.3 Å². The van der Waals surface area contributed by atoms with E-state index >= 15 is 0 Å². The molecule has 0 atom stereocenters. The summed E-state index contributed by atoms with van der Waals surface area (Å²) in [6.07, 6.45) is 3.70. The molecule has 0 bridgehead atoms. The first-order valence-corrected chi connectivity index (χ1v) is 8.27. The standard InChI is InChI=1S/C20H20FN3O2/c1-24-18-9-8-16(26-2)13-17(18)23-19(24)11-12-22-20(25)10-5-14-3-6-15(21)7-4-14/h3-10,13H,11-12H2,1-2H3,(H,22,25)/b10-5+. The number of aryl methyl sites for hydroxylation is 1. The zero-order valence-corrected chi connectivity index (χ0v) is 14.7. The number of nitrogens with one attached hydrogen (secondary N) is 1. The van der Waals surface area contributed by atoms with E-state index in [-0.39, 0.29) is 11.7 Å². The number of halogens is 1. The van der Waals surface area contributed by atoms with Crippen LogP contribution >= 0.6 is 0 Å². The fourth-order valence-electron chi connectivity index (χ4n) is 2.68. The molecule has 0 spiro atoms. The number of hydrogen-bond acceptors (Lipinski definition) is 3. The maximum absolute atomic E-state index is 12.8. The van der Waals surface area contributed by atoms with Gasteiger partial charge in [-0.3, -0.25) is 4.79 Å². The van der Waals surface area contributed by atoms with Crippen LogP contribution in [0.5, 0.6) is 5.75 Å². The number of ether oxygens (including phenoxy) is 1. The lowest BCUT2D eigenvalue weighted by atomic mass is 10.2. The zero-order valence-electron chi connectivity index (χ0n) is 14.7. The second-order valence-electron chi connectivity index (χ2n) is 5.87. The molecule has 1 amide bonds. The average molecular weight is 353 g/mol. The summed E-state index contributed by atoms with van der Waals surface area (Å²) in [5.41, 5.74) is 2.65. The first-order chi connectivity index (χ1) is 12.6. The molecule has 0 fully saturated rings. The minimum Gasteiger partial charge on any atom is -0.497 e. The molecule has 3 rings (SSSR count). The molecule has 1 heterocycles. The molecule has 2 aromatic carbocycles. The first kappa shape index (κ1) is 17.7. The van der Waals surface area contributed by atoms with Crippen LogP contribution in [0, 0.1) is 5.82 Å². The highest BCUT2D eigenvalue weighted by atomic mass is 19.1. The molecule has 0 aliphatic rings. The number of methoxy groups -OCH3 is 1. The summed E-state index contributed by atoms with van der Waals surface area (Å²) in [5, 5.41) is 2.83. The van der Waals surface area contributed by atoms with Gasteiger partial charge < -0.3 is 14.6 Å². The maximum atomic E-state index is 12.8. The monoisotopic (exact) mass is 353 g/mol. The number of nitrogens with zero attached hydrogens (tertiary/aromatic N) is 2. The number of rotatable bonds is 6. The van der Waals surface area contributed by atoms with Gasteiger partial charge in [0.2, 0.25) is 5.91 Å². The van der Waals surface area contributed by atoms with E-state index in [1.54, 1.807) is 25.3 Å². The van der Waals surface area contributed by atoms with Crippen LogP contribution in [0.25, 0.3) is 17.1 Å². The molecule has 0 radical (unpaired) electrons. The van der Waals surface area contributed by atoms with E-state index in [0.29, 0.717) is 13.0 Å². The Morgan fingerprint density at radius 3 is 2.77 bits per heavy atom. The Labute approximate surface area is 151 Å². The molecular weight excluding hydrogens is 333 g/mol. The third-order valence-corrected chi connectivity index (χ3v) is 4.13. The van der Waals surface area contributed by atoms with Crippen LogP contribution in [0.4, 0.5) is 4.39 Å². The normalized spacial score (nSPS) is 11.2. The second kappa shape index (κ2) is 7.82. The van der Waals surface area contributed by atoms with Crippen molar-refractivity contribution in [3.8, 4) is 5.75 Å². The Bertz CT molecular complexity index is 946.